The summed E-state index contributed by atoms with van der Waals surface area (Å²) < 4.78 is 0. The van der Waals surface area contributed by atoms with Crippen LogP contribution in [0.4, 0.5) is 0 Å². The van der Waals surface area contributed by atoms with Gasteiger partial charge in [-0.25, -0.2) is 0 Å². The van der Waals surface area contributed by atoms with Crippen LogP contribution in [0, 0.1) is 11.8 Å². The molecule has 0 bridgehead atoms. The molecule has 2 nitrogen and oxygen atoms in total. The Morgan fingerprint density at radius 1 is 1.33 bits per heavy atom. The summed E-state index contributed by atoms with van der Waals surface area (Å²) in [5.41, 5.74) is 0.951. The molecule has 1 saturated carbocycles. The normalized spacial score (nSPS) is 36.8. The van der Waals surface area contributed by atoms with Crippen molar-refractivity contribution in [2.45, 2.75) is 19.3 Å². The Bertz CT molecular complexity index is 253. The molecule has 0 heterocycles. The summed E-state index contributed by atoms with van der Waals surface area (Å²) in [5, 5.41) is 12.1. The number of oxime groups is 1. The molecule has 2 unspecified atom stereocenters. The van der Waals surface area contributed by atoms with Crippen molar-refractivity contribution in [2.24, 2.45) is 17.0 Å². The number of hydrogen-bond donors (Lipinski definition) is 1. The topological polar surface area (TPSA) is 32.6 Å². The first-order valence-corrected chi connectivity index (χ1v) is 4.47. The third-order valence-electron chi connectivity index (χ3n) is 2.73. The lowest BCUT2D eigenvalue weighted by atomic mass is 9.76. The van der Waals surface area contributed by atoms with Crippen LogP contribution in [0.15, 0.2) is 29.5 Å². The average Bonchev–Trinajstić information content (AvgIpc) is 2.17. The summed E-state index contributed by atoms with van der Waals surface area (Å²) >= 11 is 0. The van der Waals surface area contributed by atoms with Crippen molar-refractivity contribution in [2.75, 3.05) is 0 Å². The van der Waals surface area contributed by atoms with Crippen LogP contribution >= 0.6 is 0 Å². The third kappa shape index (κ3) is 1.17. The lowest BCUT2D eigenvalue weighted by Gasteiger charge is -2.29. The molecule has 2 rings (SSSR count). The van der Waals surface area contributed by atoms with Gasteiger partial charge in [0, 0.05) is 5.92 Å². The van der Waals surface area contributed by atoms with Crippen LogP contribution in [-0.4, -0.2) is 10.9 Å². The van der Waals surface area contributed by atoms with Crippen molar-refractivity contribution in [1.82, 2.24) is 0 Å². The van der Waals surface area contributed by atoms with E-state index in [-0.39, 0.29) is 0 Å². The van der Waals surface area contributed by atoms with Crippen LogP contribution < -0.4 is 0 Å². The molecule has 0 aromatic rings. The lowest BCUT2D eigenvalue weighted by Crippen LogP contribution is -2.26. The summed E-state index contributed by atoms with van der Waals surface area (Å²) in [6, 6.07) is 0. The Morgan fingerprint density at radius 3 is 3.00 bits per heavy atom. The molecule has 2 aliphatic carbocycles. The maximum Gasteiger partial charge on any atom is 0.0645 e. The van der Waals surface area contributed by atoms with E-state index in [2.05, 4.69) is 23.4 Å². The summed E-state index contributed by atoms with van der Waals surface area (Å²) in [7, 11) is 0. The minimum atomic E-state index is 0.369. The largest absolute Gasteiger partial charge is 0.411 e. The molecule has 64 valence electrons. The Balaban J connectivity index is 2.22. The molecule has 12 heavy (non-hydrogen) atoms. The molecule has 2 atom stereocenters. The zero-order chi connectivity index (χ0) is 8.39. The van der Waals surface area contributed by atoms with Crippen molar-refractivity contribution < 1.29 is 5.21 Å². The van der Waals surface area contributed by atoms with Crippen molar-refractivity contribution in [3.8, 4) is 0 Å². The first kappa shape index (κ1) is 7.59. The van der Waals surface area contributed by atoms with Gasteiger partial charge in [-0.2, -0.15) is 0 Å². The summed E-state index contributed by atoms with van der Waals surface area (Å²) in [6.07, 6.45) is 11.8. The van der Waals surface area contributed by atoms with Gasteiger partial charge in [0.25, 0.3) is 0 Å². The third-order valence-corrected chi connectivity index (χ3v) is 2.73. The maximum atomic E-state index is 8.76. The molecule has 0 aromatic heterocycles. The van der Waals surface area contributed by atoms with Gasteiger partial charge in [0.1, 0.15) is 0 Å². The van der Waals surface area contributed by atoms with Crippen LogP contribution in [0.5, 0.6) is 0 Å². The second kappa shape index (κ2) is 3.13. The van der Waals surface area contributed by atoms with Gasteiger partial charge in [-0.3, -0.25) is 0 Å². The highest BCUT2D eigenvalue weighted by Gasteiger charge is 2.27. The number of hydrogen-bond acceptors (Lipinski definition) is 2. The maximum absolute atomic E-state index is 8.76. The fourth-order valence-corrected chi connectivity index (χ4v) is 2.09. The van der Waals surface area contributed by atoms with E-state index in [0.29, 0.717) is 11.8 Å². The van der Waals surface area contributed by atoms with Crippen LogP contribution in [-0.2, 0) is 0 Å². The van der Waals surface area contributed by atoms with Crippen LogP contribution in [0.1, 0.15) is 19.3 Å². The standard InChI is InChI=1S/C10H13NO/c12-11-10-7-3-5-8-4-1-2-6-9(8)10/h1-2,4,6,8-9,12H,3,5,7H2. The Kier molecular flexibility index (Phi) is 1.98. The molecule has 0 radical (unpaired) electrons. The average molecular weight is 163 g/mol. The second-order valence-corrected chi connectivity index (χ2v) is 3.44. The number of allylic oxidation sites excluding steroid dienone is 4. The van der Waals surface area contributed by atoms with Gasteiger partial charge in [0.2, 0.25) is 0 Å². The van der Waals surface area contributed by atoms with Gasteiger partial charge in [0.15, 0.2) is 0 Å². The smallest absolute Gasteiger partial charge is 0.0645 e. The molecule has 2 aliphatic rings. The highest BCUT2D eigenvalue weighted by atomic mass is 16.4. The molecular formula is C10H13NO. The second-order valence-electron chi connectivity index (χ2n) is 3.44. The summed E-state index contributed by atoms with van der Waals surface area (Å²) in [5.74, 6) is 0.948. The van der Waals surface area contributed by atoms with Gasteiger partial charge < -0.3 is 5.21 Å². The van der Waals surface area contributed by atoms with Gasteiger partial charge in [-0.15, -0.1) is 0 Å². The van der Waals surface area contributed by atoms with E-state index < -0.39 is 0 Å². The monoisotopic (exact) mass is 163 g/mol. The first-order valence-electron chi connectivity index (χ1n) is 4.47. The van der Waals surface area contributed by atoms with Crippen LogP contribution in [0.2, 0.25) is 0 Å². The van der Waals surface area contributed by atoms with E-state index >= 15 is 0 Å². The van der Waals surface area contributed by atoms with E-state index in [1.165, 1.54) is 6.42 Å². The highest BCUT2D eigenvalue weighted by molar-refractivity contribution is 5.89. The predicted molar refractivity (Wildman–Crippen MR) is 48.3 cm³/mol. The summed E-state index contributed by atoms with van der Waals surface area (Å²) in [4.78, 5) is 0. The molecular weight excluding hydrogens is 150 g/mol. The molecule has 1 fully saturated rings. The zero-order valence-corrected chi connectivity index (χ0v) is 6.98. The molecule has 0 aromatic carbocycles. The van der Waals surface area contributed by atoms with Crippen molar-refractivity contribution in [3.63, 3.8) is 0 Å². The number of fused-ring (bicyclic) bond motifs is 1. The lowest BCUT2D eigenvalue weighted by molar-refractivity contribution is 0.307. The fraction of sp³-hybridized carbons (Fsp3) is 0.500. The van der Waals surface area contributed by atoms with Gasteiger partial charge >= 0.3 is 0 Å². The molecule has 0 saturated heterocycles. The van der Waals surface area contributed by atoms with Crippen molar-refractivity contribution in [1.29, 1.82) is 0 Å². The van der Waals surface area contributed by atoms with E-state index in [4.69, 9.17) is 5.21 Å². The number of rotatable bonds is 0. The quantitative estimate of drug-likeness (QED) is 0.431. The minimum Gasteiger partial charge on any atom is -0.411 e. The van der Waals surface area contributed by atoms with Gasteiger partial charge in [0.05, 0.1) is 5.71 Å². The molecule has 1 N–H and O–H groups in total. The van der Waals surface area contributed by atoms with Crippen LogP contribution in [0.25, 0.3) is 0 Å². The van der Waals surface area contributed by atoms with E-state index in [9.17, 15) is 0 Å². The van der Waals surface area contributed by atoms with Crippen molar-refractivity contribution >= 4 is 5.71 Å². The zero-order valence-electron chi connectivity index (χ0n) is 6.98. The van der Waals surface area contributed by atoms with Gasteiger partial charge in [-0.05, 0) is 25.2 Å². The molecule has 0 aliphatic heterocycles. The Labute approximate surface area is 72.3 Å². The Morgan fingerprint density at radius 2 is 2.17 bits per heavy atom. The molecule has 2 heteroatoms. The van der Waals surface area contributed by atoms with Gasteiger partial charge in [-0.1, -0.05) is 29.5 Å². The molecule has 0 spiro atoms. The van der Waals surface area contributed by atoms with E-state index in [1.807, 2.05) is 6.08 Å². The minimum absolute atomic E-state index is 0.369. The Hall–Kier alpha value is -1.05. The van der Waals surface area contributed by atoms with E-state index in [1.54, 1.807) is 0 Å². The van der Waals surface area contributed by atoms with E-state index in [0.717, 1.165) is 18.6 Å². The fourth-order valence-electron chi connectivity index (χ4n) is 2.09. The first-order chi connectivity index (χ1) is 5.92. The van der Waals surface area contributed by atoms with Crippen LogP contribution in [0.3, 0.4) is 0 Å². The summed E-state index contributed by atoms with van der Waals surface area (Å²) in [6.45, 7) is 0. The highest BCUT2D eigenvalue weighted by Crippen LogP contribution is 2.32. The SMILES string of the molecule is ON=C1CCCC2C=CC=CC12. The number of nitrogens with zero attached hydrogens (tertiary/aromatic N) is 1. The predicted octanol–water partition coefficient (Wildman–Crippen LogP) is 2.36. The van der Waals surface area contributed by atoms with Crippen molar-refractivity contribution in [3.05, 3.63) is 24.3 Å². The molecule has 0 amide bonds.